The number of unbranched alkanes of at least 4 members (excludes halogenated alkanes) is 2. The van der Waals surface area contributed by atoms with Crippen molar-refractivity contribution in [2.75, 3.05) is 65.9 Å². The van der Waals surface area contributed by atoms with Crippen molar-refractivity contribution in [3.63, 3.8) is 0 Å². The van der Waals surface area contributed by atoms with Gasteiger partial charge < -0.3 is 109 Å². The molecule has 0 spiro atoms. The van der Waals surface area contributed by atoms with E-state index in [1.54, 1.807) is 119 Å². The average molecular weight is 1810 g/mol. The minimum atomic E-state index is -1.83. The van der Waals surface area contributed by atoms with Crippen LogP contribution in [-0.2, 0) is 107 Å². The number of carbonyl (C=O) groups excluding carboxylic acids is 17. The molecule has 129 heavy (non-hydrogen) atoms. The predicted octanol–water partition coefficient (Wildman–Crippen LogP) is -0.355. The molecule has 0 radical (unpaired) electrons. The number of hydrogen-bond acceptors (Lipinski definition) is 20. The maximum absolute atomic E-state index is 15.7. The van der Waals surface area contributed by atoms with Gasteiger partial charge in [-0.05, 0) is 86.1 Å². The van der Waals surface area contributed by atoms with E-state index in [0.29, 0.717) is 69.9 Å². The number of aliphatic hydroxyl groups excluding tert-OH is 1. The third-order valence-electron chi connectivity index (χ3n) is 22.9. The number of rotatable bonds is 24. The quantitative estimate of drug-likeness (QED) is 0.0368. The number of nitrogens with two attached hydrogens (primary N) is 2. The molecule has 18 N–H and O–H groups in total. The highest BCUT2D eigenvalue weighted by atomic mass is 32.2. The lowest BCUT2D eigenvalue weighted by Crippen LogP contribution is -2.61. The van der Waals surface area contributed by atoms with Crippen LogP contribution in [0.5, 0.6) is 0 Å². The third-order valence-corrected chi connectivity index (χ3v) is 23.9. The first-order chi connectivity index (χ1) is 61.4. The van der Waals surface area contributed by atoms with Gasteiger partial charge in [0.2, 0.25) is 100 Å². The summed E-state index contributed by atoms with van der Waals surface area (Å²) < 4.78 is 0. The molecule has 6 aromatic rings. The number of aromatic amines is 3. The Hall–Kier alpha value is -12.8. The Morgan fingerprint density at radius 2 is 1.03 bits per heavy atom. The van der Waals surface area contributed by atoms with Gasteiger partial charge in [0.25, 0.3) is 0 Å². The highest BCUT2D eigenvalue weighted by Gasteiger charge is 2.44. The maximum Gasteiger partial charge on any atom is 0.246 e. The van der Waals surface area contributed by atoms with E-state index in [1.165, 1.54) is 57.4 Å². The summed E-state index contributed by atoms with van der Waals surface area (Å²) in [6.07, 6.45) is 6.47. The zero-order valence-corrected chi connectivity index (χ0v) is 75.8. The number of primary amides is 2. The van der Waals surface area contributed by atoms with Crippen molar-refractivity contribution in [3.8, 4) is 0 Å². The lowest BCUT2D eigenvalue weighted by atomic mass is 9.99. The molecule has 0 aliphatic carbocycles. The molecule has 2 saturated heterocycles. The molecule has 5 heterocycles. The van der Waals surface area contributed by atoms with Crippen LogP contribution < -0.4 is 64.6 Å². The first-order valence-corrected chi connectivity index (χ1v) is 44.8. The van der Waals surface area contributed by atoms with Crippen LogP contribution in [0.3, 0.4) is 0 Å². The van der Waals surface area contributed by atoms with Gasteiger partial charge in [-0.2, -0.15) is 0 Å². The molecule has 3 aromatic heterocycles. The number of thioether (sulfide) groups is 1. The molecule has 0 bridgehead atoms. The number of fused-ring (bicyclic) bond motifs is 3. The fourth-order valence-corrected chi connectivity index (χ4v) is 16.6. The monoisotopic (exact) mass is 1810 g/mol. The number of hydrogen-bond donors (Lipinski definition) is 16. The summed E-state index contributed by atoms with van der Waals surface area (Å²) in [4.78, 5) is 267. The zero-order chi connectivity index (χ0) is 94.5. The Kier molecular flexibility index (Phi) is 38.6. The number of amides is 17. The topological polar surface area (TPSA) is 559 Å². The van der Waals surface area contributed by atoms with Gasteiger partial charge in [0.05, 0.1) is 38.2 Å². The number of benzene rings is 3. The molecule has 13 atom stereocenters. The number of imidazole rings is 1. The number of likely N-dealkylation sites (N-methyl/N-ethyl adjacent to an activating group) is 4. The Labute approximate surface area is 753 Å². The Bertz CT molecular complexity index is 4930. The molecule has 3 aromatic carbocycles. The molecule has 17 amide bonds. The zero-order valence-electron chi connectivity index (χ0n) is 75.0. The second-order valence-corrected chi connectivity index (χ2v) is 34.8. The summed E-state index contributed by atoms with van der Waals surface area (Å²) in [6, 6.07) is 3.49. The van der Waals surface area contributed by atoms with Gasteiger partial charge in [-0.15, -0.1) is 11.8 Å². The molecule has 0 unspecified atom stereocenters. The Balaban J connectivity index is 1.17. The summed E-state index contributed by atoms with van der Waals surface area (Å²) in [6.45, 7) is 9.61. The van der Waals surface area contributed by atoms with Crippen LogP contribution in [-0.4, -0.2) is 294 Å². The summed E-state index contributed by atoms with van der Waals surface area (Å²) in [5.41, 5.74) is 14.5. The molecule has 40 heteroatoms. The molecular formula is C89H125N21O18S. The summed E-state index contributed by atoms with van der Waals surface area (Å²) >= 11 is 0.832. The molecule has 39 nitrogen and oxygen atoms in total. The van der Waals surface area contributed by atoms with Gasteiger partial charge in [-0.1, -0.05) is 134 Å². The first-order valence-electron chi connectivity index (χ1n) is 43.6. The van der Waals surface area contributed by atoms with Crippen LogP contribution in [0.15, 0.2) is 104 Å². The predicted molar refractivity (Wildman–Crippen MR) is 480 cm³/mol. The SMILES string of the molecule is CCCC[C@H]1C(=O)N(C)[C@@H](CCCC)C(=O)N[C@@H](CC(C)C)C(=O)N[C@H](C(=O)NCC(N)=O)CSCC(=O)N[C@@H](Cc2ccccc2)C(=O)N(C)[C@@H](C)C(=O)N[C@@H](CC(N)=O)C(=O)N2CCC[C@H]2C(=O)N[C@@H](Cc2cnc[nH]2)C(=O)N[C@@H](CC(C)C)C(=O)N(C)CC(=O)N[C@@H](Cc2c[nH]c3ccccc23)C(=O)N[C@@H](CO)C(=O)N[C@@H](Cc2c[nH]c3ccccc23)C(=O)N1C. The van der Waals surface area contributed by atoms with E-state index >= 15 is 24.0 Å². The average Bonchev–Trinajstić information content (AvgIpc) is 1.39. The Morgan fingerprint density at radius 3 is 1.62 bits per heavy atom. The number of aromatic nitrogens is 4. The van der Waals surface area contributed by atoms with Gasteiger partial charge >= 0.3 is 0 Å². The smallest absolute Gasteiger partial charge is 0.246 e. The maximum atomic E-state index is 15.7. The van der Waals surface area contributed by atoms with Crippen LogP contribution in [0.1, 0.15) is 141 Å². The van der Waals surface area contributed by atoms with E-state index in [0.717, 1.165) is 26.5 Å². The van der Waals surface area contributed by atoms with Crippen molar-refractivity contribution < 1.29 is 86.6 Å². The second kappa shape index (κ2) is 49.0. The molecule has 700 valence electrons. The molecule has 2 fully saturated rings. The van der Waals surface area contributed by atoms with E-state index in [4.69, 9.17) is 11.5 Å². The fourth-order valence-electron chi connectivity index (χ4n) is 15.7. The van der Waals surface area contributed by atoms with Crippen molar-refractivity contribution in [2.45, 2.75) is 223 Å². The number of carbonyl (C=O) groups is 17. The molecular weight excluding hydrogens is 1680 g/mol. The standard InChI is InChI=1S/C89H125N21O18S/c1-12-14-30-70-83(122)99-61(34-50(3)4)79(118)105-69(78(117)95-44-74(91)113)47-129-48-76(115)98-65(36-53-24-17-16-18-25-53)86(125)107(9)52(7)77(116)101-67(40-73(90)112)88(127)110-33-23-32-71(110)84(123)100-63(39-56-43-92-49-96-56)81(120)102-64(35-51(5)6)85(124)106(8)45-75(114)97-62(37-54-41-93-59-28-21-19-26-57(54)59)80(119)104-68(46-111)82(121)103-66(38-55-42-94-60-29-22-20-27-58(55)60)87(126)109(11)72(31-15-13-2)89(128)108(70)10/h16-22,24-29,41-43,49-52,61-72,93-94,111H,12-15,23,30-40,44-48H2,1-11H3,(H2,90,112)(H2,91,113)(H,92,96)(H,95,117)(H,97,114)(H,98,115)(H,99,122)(H,100,123)(H,101,116)(H,102,120)(H,103,121)(H,104,119)(H,105,118)/t52-,61-,62-,63-,64-,65-,66-,67-,68-,69-,70-,71-,72-/m0/s1. The fraction of sp³-hybridized carbons (Fsp3) is 0.528. The van der Waals surface area contributed by atoms with Crippen LogP contribution in [0.4, 0.5) is 0 Å². The third kappa shape index (κ3) is 29.1. The lowest BCUT2D eigenvalue weighted by Gasteiger charge is -2.36. The number of nitrogens with one attached hydrogen (secondary N) is 13. The van der Waals surface area contributed by atoms with E-state index in [9.17, 15) is 62.6 Å². The summed E-state index contributed by atoms with van der Waals surface area (Å²) in [7, 11) is 5.33. The van der Waals surface area contributed by atoms with E-state index in [-0.39, 0.29) is 88.3 Å². The van der Waals surface area contributed by atoms with E-state index in [1.807, 2.05) is 13.8 Å². The molecule has 0 saturated carbocycles. The van der Waals surface area contributed by atoms with Crippen LogP contribution >= 0.6 is 11.8 Å². The van der Waals surface area contributed by atoms with Gasteiger partial charge in [-0.25, -0.2) is 4.98 Å². The molecule has 2 aliphatic heterocycles. The molecule has 8 rings (SSSR count). The Morgan fingerprint density at radius 1 is 0.519 bits per heavy atom. The van der Waals surface area contributed by atoms with Crippen molar-refractivity contribution in [3.05, 3.63) is 126 Å². The number of nitrogens with zero attached hydrogens (tertiary/aromatic N) is 6. The van der Waals surface area contributed by atoms with Crippen LogP contribution in [0.2, 0.25) is 0 Å². The van der Waals surface area contributed by atoms with E-state index in [2.05, 4.69) is 73.1 Å². The van der Waals surface area contributed by atoms with E-state index < -0.39 is 211 Å². The minimum Gasteiger partial charge on any atom is -0.394 e. The van der Waals surface area contributed by atoms with Gasteiger partial charge in [0, 0.05) is 112 Å². The summed E-state index contributed by atoms with van der Waals surface area (Å²) in [5.74, 6) is -16.5. The van der Waals surface area contributed by atoms with Crippen molar-refractivity contribution in [1.29, 1.82) is 0 Å². The highest BCUT2D eigenvalue weighted by molar-refractivity contribution is 8.00. The lowest BCUT2D eigenvalue weighted by molar-refractivity contribution is -0.149. The van der Waals surface area contributed by atoms with Crippen LogP contribution in [0.25, 0.3) is 21.8 Å². The first kappa shape index (κ1) is 102. The van der Waals surface area contributed by atoms with Crippen molar-refractivity contribution in [2.24, 2.45) is 23.3 Å². The van der Waals surface area contributed by atoms with Crippen LogP contribution in [0, 0.1) is 11.8 Å². The van der Waals surface area contributed by atoms with Crippen molar-refractivity contribution >= 4 is 134 Å². The van der Waals surface area contributed by atoms with Gasteiger partial charge in [0.15, 0.2) is 0 Å². The normalized spacial score (nSPS) is 23.9. The minimum absolute atomic E-state index is 0.0176. The second-order valence-electron chi connectivity index (χ2n) is 33.8. The van der Waals surface area contributed by atoms with Gasteiger partial charge in [-0.3, -0.25) is 81.5 Å². The van der Waals surface area contributed by atoms with Crippen molar-refractivity contribution in [1.82, 2.24) is 97.6 Å². The summed E-state index contributed by atoms with van der Waals surface area (Å²) in [5, 5.41) is 39.2. The number of para-hydroxylation sites is 2. The molecule has 2 aliphatic rings. The number of H-pyrrole nitrogens is 3. The highest BCUT2D eigenvalue weighted by Crippen LogP contribution is 2.26. The number of aliphatic hydroxyl groups is 1. The largest absolute Gasteiger partial charge is 0.394 e. The van der Waals surface area contributed by atoms with Gasteiger partial charge in [0.1, 0.15) is 78.5 Å².